The summed E-state index contributed by atoms with van der Waals surface area (Å²) in [4.78, 5) is 20.7. The van der Waals surface area contributed by atoms with E-state index in [1.165, 1.54) is 12.1 Å². The predicted molar refractivity (Wildman–Crippen MR) is 50.1 cm³/mol. The fourth-order valence-corrected chi connectivity index (χ4v) is 1.59. The minimum Gasteiger partial charge on any atom is -0.300 e. The summed E-state index contributed by atoms with van der Waals surface area (Å²) in [5.41, 5.74) is 1.12. The van der Waals surface area contributed by atoms with Crippen LogP contribution in [-0.4, -0.2) is 10.7 Å². The van der Waals surface area contributed by atoms with Gasteiger partial charge in [0.05, 0.1) is 4.92 Å². The number of nitro groups is 1. The van der Waals surface area contributed by atoms with Crippen molar-refractivity contribution in [2.45, 2.75) is 18.8 Å². The molecule has 1 fully saturated rings. The Labute approximate surface area is 80.7 Å². The minimum absolute atomic E-state index is 0.0967. The number of nitrogens with zero attached hydrogens (tertiary/aromatic N) is 1. The lowest BCUT2D eigenvalue weighted by molar-refractivity contribution is -0.384. The summed E-state index contributed by atoms with van der Waals surface area (Å²) < 4.78 is 0. The lowest BCUT2D eigenvalue weighted by atomic mass is 9.79. The standard InChI is InChI=1S/C10H9NO3/c12-10-5-8(6-10)7-1-3-9(4-2-7)11(13)14/h1-4,8H,5-6H2. The zero-order valence-electron chi connectivity index (χ0n) is 7.47. The van der Waals surface area contributed by atoms with Crippen molar-refractivity contribution in [3.05, 3.63) is 39.9 Å². The van der Waals surface area contributed by atoms with Crippen LogP contribution in [0.4, 0.5) is 5.69 Å². The molecule has 4 heteroatoms. The molecule has 0 heterocycles. The van der Waals surface area contributed by atoms with Crippen molar-refractivity contribution in [1.29, 1.82) is 0 Å². The van der Waals surface area contributed by atoms with Crippen LogP contribution in [-0.2, 0) is 4.79 Å². The number of hydrogen-bond acceptors (Lipinski definition) is 3. The third-order valence-corrected chi connectivity index (χ3v) is 2.52. The van der Waals surface area contributed by atoms with E-state index in [2.05, 4.69) is 0 Å². The molecule has 0 amide bonds. The molecule has 1 aliphatic rings. The molecular formula is C10H9NO3. The minimum atomic E-state index is -0.421. The second kappa shape index (κ2) is 3.21. The SMILES string of the molecule is O=C1CC(c2ccc([N+](=O)[O-])cc2)C1. The molecule has 4 nitrogen and oxygen atoms in total. The first-order valence-electron chi connectivity index (χ1n) is 4.43. The third kappa shape index (κ3) is 1.51. The van der Waals surface area contributed by atoms with Gasteiger partial charge in [-0.3, -0.25) is 14.9 Å². The number of non-ortho nitro benzene ring substituents is 1. The number of rotatable bonds is 2. The number of benzene rings is 1. The van der Waals surface area contributed by atoms with Gasteiger partial charge in [-0.15, -0.1) is 0 Å². The van der Waals surface area contributed by atoms with Gasteiger partial charge in [-0.05, 0) is 11.5 Å². The number of Topliss-reactive ketones (excluding diaryl/α,β-unsaturated/α-hetero) is 1. The molecule has 0 aromatic heterocycles. The van der Waals surface area contributed by atoms with Crippen molar-refractivity contribution in [2.24, 2.45) is 0 Å². The van der Waals surface area contributed by atoms with Crippen molar-refractivity contribution >= 4 is 11.5 Å². The summed E-state index contributed by atoms with van der Waals surface area (Å²) in [5.74, 6) is 0.552. The molecule has 1 aromatic carbocycles. The Hall–Kier alpha value is -1.71. The van der Waals surface area contributed by atoms with Gasteiger partial charge < -0.3 is 0 Å². The van der Waals surface area contributed by atoms with E-state index in [-0.39, 0.29) is 17.4 Å². The van der Waals surface area contributed by atoms with Crippen LogP contribution in [0.3, 0.4) is 0 Å². The first kappa shape index (κ1) is 8.87. The van der Waals surface area contributed by atoms with Gasteiger partial charge in [0, 0.05) is 25.0 Å². The average molecular weight is 191 g/mol. The van der Waals surface area contributed by atoms with E-state index in [0.29, 0.717) is 12.8 Å². The lowest BCUT2D eigenvalue weighted by Gasteiger charge is -2.24. The molecule has 72 valence electrons. The van der Waals surface area contributed by atoms with Crippen LogP contribution in [0, 0.1) is 10.1 Å². The fraction of sp³-hybridized carbons (Fsp3) is 0.300. The normalized spacial score (nSPS) is 16.4. The molecular weight excluding hydrogens is 182 g/mol. The Balaban J connectivity index is 2.14. The largest absolute Gasteiger partial charge is 0.300 e. The zero-order valence-corrected chi connectivity index (χ0v) is 7.47. The summed E-state index contributed by atoms with van der Waals surface area (Å²) in [6, 6.07) is 6.43. The smallest absolute Gasteiger partial charge is 0.269 e. The quantitative estimate of drug-likeness (QED) is 0.530. The van der Waals surface area contributed by atoms with Crippen LogP contribution in [0.15, 0.2) is 24.3 Å². The summed E-state index contributed by atoms with van der Waals surface area (Å²) in [6.45, 7) is 0. The highest BCUT2D eigenvalue weighted by Gasteiger charge is 2.27. The van der Waals surface area contributed by atoms with E-state index >= 15 is 0 Å². The highest BCUT2D eigenvalue weighted by atomic mass is 16.6. The lowest BCUT2D eigenvalue weighted by Crippen LogP contribution is -2.20. The molecule has 14 heavy (non-hydrogen) atoms. The van der Waals surface area contributed by atoms with Crippen molar-refractivity contribution in [2.75, 3.05) is 0 Å². The molecule has 1 aromatic rings. The Morgan fingerprint density at radius 3 is 2.21 bits per heavy atom. The molecule has 0 bridgehead atoms. The van der Waals surface area contributed by atoms with E-state index in [4.69, 9.17) is 0 Å². The number of ketones is 1. The molecule has 1 saturated carbocycles. The molecule has 0 radical (unpaired) electrons. The summed E-state index contributed by atoms with van der Waals surface area (Å²) in [7, 11) is 0. The van der Waals surface area contributed by atoms with Crippen LogP contribution >= 0.6 is 0 Å². The number of nitro benzene ring substituents is 1. The van der Waals surface area contributed by atoms with Gasteiger partial charge in [-0.25, -0.2) is 0 Å². The highest BCUT2D eigenvalue weighted by molar-refractivity contribution is 5.86. The molecule has 0 aliphatic heterocycles. The van der Waals surface area contributed by atoms with Gasteiger partial charge in [0.2, 0.25) is 0 Å². The monoisotopic (exact) mass is 191 g/mol. The van der Waals surface area contributed by atoms with Crippen LogP contribution in [0.5, 0.6) is 0 Å². The van der Waals surface area contributed by atoms with Gasteiger partial charge >= 0.3 is 0 Å². The van der Waals surface area contributed by atoms with Crippen molar-refractivity contribution in [3.8, 4) is 0 Å². The summed E-state index contributed by atoms with van der Waals surface area (Å²) in [5, 5.41) is 10.4. The molecule has 0 saturated heterocycles. The van der Waals surface area contributed by atoms with Gasteiger partial charge in [0.15, 0.2) is 0 Å². The first-order chi connectivity index (χ1) is 6.66. The Bertz CT molecular complexity index is 375. The van der Waals surface area contributed by atoms with Crippen LogP contribution in [0.25, 0.3) is 0 Å². The van der Waals surface area contributed by atoms with Crippen LogP contribution in [0.1, 0.15) is 24.3 Å². The van der Waals surface area contributed by atoms with E-state index < -0.39 is 4.92 Å². The van der Waals surface area contributed by atoms with Crippen molar-refractivity contribution in [1.82, 2.24) is 0 Å². The van der Waals surface area contributed by atoms with Crippen molar-refractivity contribution in [3.63, 3.8) is 0 Å². The highest BCUT2D eigenvalue weighted by Crippen LogP contribution is 2.34. The summed E-state index contributed by atoms with van der Waals surface area (Å²) in [6.07, 6.45) is 1.16. The van der Waals surface area contributed by atoms with E-state index in [1.807, 2.05) is 0 Å². The number of carbonyl (C=O) groups is 1. The maximum Gasteiger partial charge on any atom is 0.269 e. The van der Waals surface area contributed by atoms with Gasteiger partial charge in [0.25, 0.3) is 5.69 Å². The topological polar surface area (TPSA) is 60.2 Å². The van der Waals surface area contributed by atoms with E-state index in [0.717, 1.165) is 5.56 Å². The zero-order chi connectivity index (χ0) is 10.1. The molecule has 0 unspecified atom stereocenters. The van der Waals surface area contributed by atoms with Gasteiger partial charge in [-0.1, -0.05) is 12.1 Å². The summed E-state index contributed by atoms with van der Waals surface area (Å²) >= 11 is 0. The maximum absolute atomic E-state index is 10.7. The Morgan fingerprint density at radius 1 is 1.21 bits per heavy atom. The molecule has 0 N–H and O–H groups in total. The average Bonchev–Trinajstić information content (AvgIpc) is 2.13. The van der Waals surface area contributed by atoms with E-state index in [9.17, 15) is 14.9 Å². The van der Waals surface area contributed by atoms with Gasteiger partial charge in [-0.2, -0.15) is 0 Å². The molecule has 0 spiro atoms. The van der Waals surface area contributed by atoms with Crippen LogP contribution < -0.4 is 0 Å². The maximum atomic E-state index is 10.7. The molecule has 0 atom stereocenters. The van der Waals surface area contributed by atoms with Gasteiger partial charge in [0.1, 0.15) is 5.78 Å². The second-order valence-electron chi connectivity index (χ2n) is 3.49. The van der Waals surface area contributed by atoms with E-state index in [1.54, 1.807) is 12.1 Å². The fourth-order valence-electron chi connectivity index (χ4n) is 1.59. The Morgan fingerprint density at radius 2 is 1.79 bits per heavy atom. The first-order valence-corrected chi connectivity index (χ1v) is 4.43. The molecule has 1 aliphatic carbocycles. The van der Waals surface area contributed by atoms with Crippen molar-refractivity contribution < 1.29 is 9.72 Å². The number of hydrogen-bond donors (Lipinski definition) is 0. The predicted octanol–water partition coefficient (Wildman–Crippen LogP) is 2.04. The number of carbonyl (C=O) groups excluding carboxylic acids is 1. The molecule has 2 rings (SSSR count). The second-order valence-corrected chi connectivity index (χ2v) is 3.49. The van der Waals surface area contributed by atoms with Crippen LogP contribution in [0.2, 0.25) is 0 Å². The third-order valence-electron chi connectivity index (χ3n) is 2.52. The Kier molecular flexibility index (Phi) is 2.04.